The molecule has 3 aromatic carbocycles. The van der Waals surface area contributed by atoms with Crippen LogP contribution in [0.1, 0.15) is 17.5 Å². The van der Waals surface area contributed by atoms with Gasteiger partial charge >= 0.3 is 0 Å². The summed E-state index contributed by atoms with van der Waals surface area (Å²) < 4.78 is 44.0. The van der Waals surface area contributed by atoms with Crippen LogP contribution in [-0.2, 0) is 23.1 Å². The number of likely N-dealkylation sites (tertiary alicyclic amines) is 1. The smallest absolute Gasteiger partial charge is 0.266 e. The van der Waals surface area contributed by atoms with Crippen molar-refractivity contribution < 1.29 is 17.9 Å². The Balaban J connectivity index is 1.37. The number of sulfonamides is 1. The maximum absolute atomic E-state index is 14.0. The summed E-state index contributed by atoms with van der Waals surface area (Å²) in [6, 6.07) is 20.8. The number of aromatic nitrogens is 2. The van der Waals surface area contributed by atoms with Crippen molar-refractivity contribution in [3.05, 3.63) is 89.2 Å². The molecule has 2 heterocycles. The Hall–Kier alpha value is -3.38. The zero-order chi connectivity index (χ0) is 29.0. The fourth-order valence-corrected chi connectivity index (χ4v) is 7.58. The first-order valence-electron chi connectivity index (χ1n) is 13.1. The lowest BCUT2D eigenvalue weighted by Crippen LogP contribution is -2.34. The van der Waals surface area contributed by atoms with Crippen molar-refractivity contribution in [1.29, 1.82) is 0 Å². The van der Waals surface area contributed by atoms with E-state index < -0.39 is 10.0 Å². The summed E-state index contributed by atoms with van der Waals surface area (Å²) in [6.45, 7) is 2.77. The zero-order valence-corrected chi connectivity index (χ0v) is 25.5. The molecule has 216 valence electrons. The van der Waals surface area contributed by atoms with Crippen LogP contribution in [0.4, 0.5) is 10.8 Å². The molecule has 1 fully saturated rings. The second-order valence-electron chi connectivity index (χ2n) is 9.80. The largest absolute Gasteiger partial charge is 0.497 e. The van der Waals surface area contributed by atoms with Crippen LogP contribution in [0.3, 0.4) is 0 Å². The highest BCUT2D eigenvalue weighted by atomic mass is 35.5. The van der Waals surface area contributed by atoms with Crippen LogP contribution in [0.2, 0.25) is 5.02 Å². The molecule has 0 N–H and O–H groups in total. The molecule has 1 aliphatic rings. The molecule has 0 bridgehead atoms. The Labute approximate surface area is 250 Å². The Morgan fingerprint density at radius 2 is 1.88 bits per heavy atom. The van der Waals surface area contributed by atoms with E-state index in [1.807, 2.05) is 13.1 Å². The third-order valence-corrected chi connectivity index (χ3v) is 10.1. The molecule has 0 spiro atoms. The lowest BCUT2D eigenvalue weighted by molar-refractivity contribution is 0.326. The van der Waals surface area contributed by atoms with Gasteiger partial charge in [0.15, 0.2) is 0 Å². The zero-order valence-electron chi connectivity index (χ0n) is 23.1. The van der Waals surface area contributed by atoms with E-state index in [1.165, 1.54) is 29.4 Å². The van der Waals surface area contributed by atoms with Crippen LogP contribution < -0.4 is 18.7 Å². The van der Waals surface area contributed by atoms with E-state index in [-0.39, 0.29) is 22.6 Å². The van der Waals surface area contributed by atoms with Crippen molar-refractivity contribution >= 4 is 44.0 Å². The van der Waals surface area contributed by atoms with E-state index in [2.05, 4.69) is 43.4 Å². The molecule has 1 aliphatic heterocycles. The molecule has 41 heavy (non-hydrogen) atoms. The van der Waals surface area contributed by atoms with Gasteiger partial charge in [0.2, 0.25) is 5.13 Å². The molecule has 0 radical (unpaired) electrons. The molecule has 0 unspecified atom stereocenters. The highest BCUT2D eigenvalue weighted by molar-refractivity contribution is 7.93. The number of methoxy groups -OCH3 is 2. The molecule has 0 saturated carbocycles. The summed E-state index contributed by atoms with van der Waals surface area (Å²) in [4.78, 5) is 8.84. The minimum Gasteiger partial charge on any atom is -0.497 e. The van der Waals surface area contributed by atoms with E-state index >= 15 is 0 Å². The SMILES string of the molecule is COc1ccc(CN(c2ncns2)S(=O)(=O)c2ccc(N(C)[C@@H]3CCN(Cc4ccccc4)C3)c(Cl)c2)c(OC)c1. The van der Waals surface area contributed by atoms with Gasteiger partial charge in [-0.3, -0.25) is 4.90 Å². The number of halogens is 1. The van der Waals surface area contributed by atoms with Crippen molar-refractivity contribution in [3.8, 4) is 11.5 Å². The fraction of sp³-hybridized carbons (Fsp3) is 0.310. The van der Waals surface area contributed by atoms with Crippen LogP contribution in [-0.4, -0.2) is 63.1 Å². The molecule has 0 amide bonds. The average molecular weight is 614 g/mol. The number of hydrogen-bond acceptors (Lipinski definition) is 9. The number of hydrogen-bond donors (Lipinski definition) is 0. The van der Waals surface area contributed by atoms with Crippen LogP contribution >= 0.6 is 23.1 Å². The minimum atomic E-state index is -4.05. The first-order chi connectivity index (χ1) is 19.8. The van der Waals surface area contributed by atoms with E-state index in [9.17, 15) is 8.42 Å². The highest BCUT2D eigenvalue weighted by Gasteiger charge is 2.31. The maximum atomic E-state index is 14.0. The van der Waals surface area contributed by atoms with Crippen molar-refractivity contribution in [2.24, 2.45) is 0 Å². The standard InChI is InChI=1S/C29H32ClN5O4S2/c1-33(23-13-14-34(19-23)17-21-7-5-4-6-8-21)27-12-11-25(16-26(27)30)41(36,37)35(29-31-20-32-40-29)18-22-9-10-24(38-2)15-28(22)39-3/h4-12,15-16,20,23H,13-14,17-19H2,1-3H3/t23-/m1/s1. The average Bonchev–Trinajstić information content (AvgIpc) is 3.69. The van der Waals surface area contributed by atoms with Crippen molar-refractivity contribution in [1.82, 2.24) is 14.3 Å². The van der Waals surface area contributed by atoms with E-state index in [0.717, 1.165) is 43.3 Å². The molecule has 1 aromatic heterocycles. The lowest BCUT2D eigenvalue weighted by atomic mass is 10.2. The molecule has 1 atom stereocenters. The van der Waals surface area contributed by atoms with Gasteiger partial charge in [-0.2, -0.15) is 4.37 Å². The number of nitrogens with zero attached hydrogens (tertiary/aromatic N) is 5. The third-order valence-electron chi connectivity index (χ3n) is 7.30. The van der Waals surface area contributed by atoms with E-state index in [0.29, 0.717) is 22.1 Å². The Morgan fingerprint density at radius 1 is 1.07 bits per heavy atom. The van der Waals surface area contributed by atoms with Crippen LogP contribution in [0, 0.1) is 0 Å². The second kappa shape index (κ2) is 12.6. The topological polar surface area (TPSA) is 88.1 Å². The molecule has 0 aliphatic carbocycles. The number of anilines is 2. The van der Waals surface area contributed by atoms with Crippen LogP contribution in [0.25, 0.3) is 0 Å². The van der Waals surface area contributed by atoms with E-state index in [1.54, 1.807) is 37.4 Å². The molecular weight excluding hydrogens is 582 g/mol. The molecule has 9 nitrogen and oxygen atoms in total. The molecule has 4 aromatic rings. The molecular formula is C29H32ClN5O4S2. The van der Waals surface area contributed by atoms with Gasteiger partial charge < -0.3 is 14.4 Å². The van der Waals surface area contributed by atoms with Crippen molar-refractivity contribution in [2.45, 2.75) is 30.4 Å². The van der Waals surface area contributed by atoms with Gasteiger partial charge in [-0.1, -0.05) is 41.9 Å². The van der Waals surface area contributed by atoms with Gasteiger partial charge in [0, 0.05) is 55.9 Å². The van der Waals surface area contributed by atoms with Gasteiger partial charge in [0.1, 0.15) is 17.8 Å². The maximum Gasteiger partial charge on any atom is 0.266 e. The molecule has 5 rings (SSSR count). The third kappa shape index (κ3) is 6.43. The van der Waals surface area contributed by atoms with Gasteiger partial charge in [-0.05, 0) is 42.3 Å². The predicted molar refractivity (Wildman–Crippen MR) is 163 cm³/mol. The summed E-state index contributed by atoms with van der Waals surface area (Å²) in [5, 5.41) is 0.610. The normalized spacial score (nSPS) is 15.6. The van der Waals surface area contributed by atoms with Crippen molar-refractivity contribution in [2.75, 3.05) is 43.6 Å². The lowest BCUT2D eigenvalue weighted by Gasteiger charge is -2.28. The van der Waals surface area contributed by atoms with E-state index in [4.69, 9.17) is 21.1 Å². The minimum absolute atomic E-state index is 0.0106. The second-order valence-corrected chi connectivity index (χ2v) is 12.8. The summed E-state index contributed by atoms with van der Waals surface area (Å²) in [5.41, 5.74) is 2.72. The number of likely N-dealkylation sites (N-methyl/N-ethyl adjacent to an activating group) is 1. The first-order valence-corrected chi connectivity index (χ1v) is 15.7. The van der Waals surface area contributed by atoms with Gasteiger partial charge in [-0.25, -0.2) is 17.7 Å². The summed E-state index contributed by atoms with van der Waals surface area (Å²) in [6.07, 6.45) is 2.33. The quantitative estimate of drug-likeness (QED) is 0.225. The summed E-state index contributed by atoms with van der Waals surface area (Å²) >= 11 is 7.75. The van der Waals surface area contributed by atoms with Crippen molar-refractivity contribution in [3.63, 3.8) is 0 Å². The number of benzene rings is 3. The highest BCUT2D eigenvalue weighted by Crippen LogP contribution is 2.35. The molecule has 1 saturated heterocycles. The predicted octanol–water partition coefficient (Wildman–Crippen LogP) is 5.31. The van der Waals surface area contributed by atoms with Crippen LogP contribution in [0.5, 0.6) is 11.5 Å². The number of ether oxygens (including phenoxy) is 2. The van der Waals surface area contributed by atoms with Crippen LogP contribution in [0.15, 0.2) is 78.0 Å². The fourth-order valence-electron chi connectivity index (χ4n) is 5.04. The first kappa shape index (κ1) is 29.1. The Bertz CT molecular complexity index is 1570. The monoisotopic (exact) mass is 613 g/mol. The van der Waals surface area contributed by atoms with Gasteiger partial charge in [0.25, 0.3) is 10.0 Å². The van der Waals surface area contributed by atoms with Gasteiger partial charge in [0.05, 0.1) is 36.4 Å². The van der Waals surface area contributed by atoms with Gasteiger partial charge in [-0.15, -0.1) is 0 Å². The number of rotatable bonds is 11. The Morgan fingerprint density at radius 3 is 2.56 bits per heavy atom. The molecule has 12 heteroatoms. The summed E-state index contributed by atoms with van der Waals surface area (Å²) in [7, 11) is 1.05. The Kier molecular flexibility index (Phi) is 8.98. The summed E-state index contributed by atoms with van der Waals surface area (Å²) in [5.74, 6) is 1.11.